The molecule has 0 aliphatic carbocycles. The molecule has 2 aromatic carbocycles. The van der Waals surface area contributed by atoms with Crippen molar-refractivity contribution >= 4 is 31.3 Å². The van der Waals surface area contributed by atoms with Crippen molar-refractivity contribution in [3.8, 4) is 11.5 Å². The summed E-state index contributed by atoms with van der Waals surface area (Å²) in [4.78, 5) is 0.00625. The number of nitrogens with one attached hydrogen (secondary N) is 1. The minimum atomic E-state index is -3.91. The first-order chi connectivity index (χ1) is 14.2. The Morgan fingerprint density at radius 3 is 2.33 bits per heavy atom. The van der Waals surface area contributed by atoms with Crippen LogP contribution in [0, 0.1) is 0 Å². The van der Waals surface area contributed by atoms with Gasteiger partial charge in [0.25, 0.3) is 0 Å². The van der Waals surface area contributed by atoms with E-state index in [1.165, 1.54) is 32.4 Å². The second-order valence-corrected chi connectivity index (χ2v) is 11.9. The fourth-order valence-corrected chi connectivity index (χ4v) is 8.39. The van der Waals surface area contributed by atoms with Crippen molar-refractivity contribution in [1.29, 1.82) is 0 Å². The lowest BCUT2D eigenvalue weighted by atomic mass is 10.1. The molecular formula is C20H24ClNO6S2. The second-order valence-electron chi connectivity index (χ2n) is 7.11. The van der Waals surface area contributed by atoms with E-state index >= 15 is 0 Å². The topological polar surface area (TPSA) is 98.8 Å². The van der Waals surface area contributed by atoms with Gasteiger partial charge in [-0.2, -0.15) is 0 Å². The molecule has 2 aromatic rings. The van der Waals surface area contributed by atoms with Crippen LogP contribution >= 0.6 is 11.6 Å². The zero-order valence-electron chi connectivity index (χ0n) is 16.7. The van der Waals surface area contributed by atoms with Crippen LogP contribution in [-0.2, 0) is 26.1 Å². The van der Waals surface area contributed by atoms with Crippen LogP contribution in [0.2, 0.25) is 5.02 Å². The van der Waals surface area contributed by atoms with E-state index in [9.17, 15) is 16.8 Å². The van der Waals surface area contributed by atoms with Gasteiger partial charge in [0.2, 0.25) is 0 Å². The molecule has 1 N–H and O–H groups in total. The Labute approximate surface area is 182 Å². The number of ether oxygens (including phenoxy) is 2. The van der Waals surface area contributed by atoms with Crippen LogP contribution in [0.15, 0.2) is 47.4 Å². The summed E-state index contributed by atoms with van der Waals surface area (Å²) < 4.78 is 61.4. The van der Waals surface area contributed by atoms with Gasteiger partial charge in [0, 0.05) is 17.1 Å². The highest BCUT2D eigenvalue weighted by Crippen LogP contribution is 2.33. The Hall–Kier alpha value is -1.81. The third-order valence-corrected chi connectivity index (χ3v) is 9.52. The Bertz CT molecular complexity index is 1100. The largest absolute Gasteiger partial charge is 0.493 e. The van der Waals surface area contributed by atoms with Gasteiger partial charge in [0.15, 0.2) is 31.2 Å². The van der Waals surface area contributed by atoms with Gasteiger partial charge in [-0.3, -0.25) is 0 Å². The molecule has 0 amide bonds. The molecule has 1 aliphatic rings. The summed E-state index contributed by atoms with van der Waals surface area (Å²) >= 11 is 5.88. The summed E-state index contributed by atoms with van der Waals surface area (Å²) in [5.41, 5.74) is 1.02. The van der Waals surface area contributed by atoms with E-state index in [0.717, 1.165) is 5.56 Å². The number of benzene rings is 2. The predicted molar refractivity (Wildman–Crippen MR) is 116 cm³/mol. The van der Waals surface area contributed by atoms with Crippen LogP contribution in [0.4, 0.5) is 0 Å². The third kappa shape index (κ3) is 5.08. The maximum atomic E-state index is 13.3. The van der Waals surface area contributed by atoms with Crippen LogP contribution in [0.5, 0.6) is 11.5 Å². The second kappa shape index (κ2) is 9.13. The fourth-order valence-electron chi connectivity index (χ4n) is 3.53. The summed E-state index contributed by atoms with van der Waals surface area (Å²) in [7, 11) is -4.53. The molecule has 7 nitrogen and oxygen atoms in total. The maximum Gasteiger partial charge on any atom is 0.183 e. The van der Waals surface area contributed by atoms with Crippen molar-refractivity contribution in [2.24, 2.45) is 0 Å². The molecule has 3 rings (SSSR count). The van der Waals surface area contributed by atoms with Crippen LogP contribution in [-0.4, -0.2) is 60.4 Å². The molecule has 10 heteroatoms. The minimum Gasteiger partial charge on any atom is -0.493 e. The Balaban J connectivity index is 1.79. The zero-order chi connectivity index (χ0) is 21.9. The van der Waals surface area contributed by atoms with E-state index in [1.807, 2.05) is 12.1 Å². The van der Waals surface area contributed by atoms with Crippen LogP contribution in [0.25, 0.3) is 0 Å². The van der Waals surface area contributed by atoms with E-state index in [4.69, 9.17) is 21.1 Å². The van der Waals surface area contributed by atoms with Gasteiger partial charge in [0.1, 0.15) is 0 Å². The summed E-state index contributed by atoms with van der Waals surface area (Å²) in [6, 6.07) is 10.9. The molecule has 0 aromatic heterocycles. The first-order valence-electron chi connectivity index (χ1n) is 9.30. The van der Waals surface area contributed by atoms with E-state index in [2.05, 4.69) is 5.32 Å². The monoisotopic (exact) mass is 473 g/mol. The molecule has 1 aliphatic heterocycles. The van der Waals surface area contributed by atoms with E-state index < -0.39 is 36.7 Å². The Morgan fingerprint density at radius 2 is 1.70 bits per heavy atom. The van der Waals surface area contributed by atoms with Gasteiger partial charge < -0.3 is 14.8 Å². The lowest BCUT2D eigenvalue weighted by Crippen LogP contribution is -2.44. The van der Waals surface area contributed by atoms with Gasteiger partial charge in [-0.25, -0.2) is 16.8 Å². The predicted octanol–water partition coefficient (Wildman–Crippen LogP) is 2.13. The van der Waals surface area contributed by atoms with Crippen molar-refractivity contribution in [3.05, 3.63) is 53.1 Å². The van der Waals surface area contributed by atoms with Crippen LogP contribution < -0.4 is 14.8 Å². The SMILES string of the molecule is COc1ccc(S(=O)(=O)[C@H]2CS(=O)(=O)C[C@@H]2NCCc2ccc(Cl)cc2)cc1OC. The molecule has 164 valence electrons. The number of hydrogen-bond acceptors (Lipinski definition) is 7. The highest BCUT2D eigenvalue weighted by molar-refractivity contribution is 7.96. The zero-order valence-corrected chi connectivity index (χ0v) is 19.1. The normalized spacial score (nSPS) is 20.8. The lowest BCUT2D eigenvalue weighted by Gasteiger charge is -2.20. The van der Waals surface area contributed by atoms with E-state index in [0.29, 0.717) is 23.7 Å². The molecule has 1 fully saturated rings. The number of methoxy groups -OCH3 is 2. The molecule has 0 unspecified atom stereocenters. The van der Waals surface area contributed by atoms with Gasteiger partial charge in [-0.05, 0) is 42.8 Å². The molecule has 0 spiro atoms. The third-order valence-electron chi connectivity index (χ3n) is 5.12. The van der Waals surface area contributed by atoms with Crippen molar-refractivity contribution in [3.63, 3.8) is 0 Å². The lowest BCUT2D eigenvalue weighted by molar-refractivity contribution is 0.354. The highest BCUT2D eigenvalue weighted by atomic mass is 35.5. The molecular weight excluding hydrogens is 450 g/mol. The molecule has 2 atom stereocenters. The first kappa shape index (κ1) is 22.9. The first-order valence-corrected chi connectivity index (χ1v) is 13.0. The average molecular weight is 474 g/mol. The minimum absolute atomic E-state index is 0.00625. The number of sulfone groups is 2. The van der Waals surface area contributed by atoms with Crippen molar-refractivity contribution in [2.75, 3.05) is 32.3 Å². The number of rotatable bonds is 8. The quantitative estimate of drug-likeness (QED) is 0.627. The van der Waals surface area contributed by atoms with Gasteiger partial charge in [0.05, 0.1) is 35.9 Å². The molecule has 0 radical (unpaired) electrons. The van der Waals surface area contributed by atoms with Crippen LogP contribution in [0.3, 0.4) is 0 Å². The molecule has 1 saturated heterocycles. The Kier molecular flexibility index (Phi) is 6.96. The van der Waals surface area contributed by atoms with Crippen molar-refractivity contribution in [1.82, 2.24) is 5.32 Å². The van der Waals surface area contributed by atoms with Gasteiger partial charge in [-0.1, -0.05) is 23.7 Å². The summed E-state index contributed by atoms with van der Waals surface area (Å²) in [6.45, 7) is 0.444. The fraction of sp³-hybridized carbons (Fsp3) is 0.400. The summed E-state index contributed by atoms with van der Waals surface area (Å²) in [5.74, 6) is 0.0346. The van der Waals surface area contributed by atoms with Crippen molar-refractivity contribution in [2.45, 2.75) is 22.6 Å². The molecule has 1 heterocycles. The highest BCUT2D eigenvalue weighted by Gasteiger charge is 2.45. The van der Waals surface area contributed by atoms with Gasteiger partial charge in [-0.15, -0.1) is 0 Å². The van der Waals surface area contributed by atoms with E-state index in [-0.39, 0.29) is 16.4 Å². The summed E-state index contributed by atoms with van der Waals surface area (Å²) in [6.07, 6.45) is 0.622. The smallest absolute Gasteiger partial charge is 0.183 e. The molecule has 0 saturated carbocycles. The number of halogens is 1. The van der Waals surface area contributed by atoms with Crippen molar-refractivity contribution < 1.29 is 26.3 Å². The average Bonchev–Trinajstić information content (AvgIpc) is 3.04. The molecule has 0 bridgehead atoms. The number of hydrogen-bond donors (Lipinski definition) is 1. The van der Waals surface area contributed by atoms with Crippen LogP contribution in [0.1, 0.15) is 5.56 Å². The van der Waals surface area contributed by atoms with E-state index in [1.54, 1.807) is 12.1 Å². The Morgan fingerprint density at radius 1 is 1.03 bits per heavy atom. The maximum absolute atomic E-state index is 13.3. The summed E-state index contributed by atoms with van der Waals surface area (Å²) in [5, 5.41) is 2.69. The van der Waals surface area contributed by atoms with Gasteiger partial charge >= 0.3 is 0 Å². The standard InChI is InChI=1S/C20H24ClNO6S2/c1-27-18-8-7-16(11-19(18)28-2)30(25,26)20-13-29(23,24)12-17(20)22-10-9-14-3-5-15(21)6-4-14/h3-8,11,17,20,22H,9-10,12-13H2,1-2H3/t17-,20-/m0/s1. The molecule has 30 heavy (non-hydrogen) atoms.